The van der Waals surface area contributed by atoms with Crippen LogP contribution in [0.3, 0.4) is 0 Å². The smallest absolute Gasteiger partial charge is 0.275 e. The summed E-state index contributed by atoms with van der Waals surface area (Å²) in [4.78, 5) is 16.0. The maximum absolute atomic E-state index is 12.2. The standard InChI is InChI=1S/C19H29N5O2S/c1-14(17-21-22-18(26-17)15-7-5-12-27-15)24-9-6-8-23(10-11-24)13-16(25)20-19(2,3)4/h5,7,12,14H,6,8-11,13H2,1-4H3,(H,20,25)/p+2/t14-/m1/s1. The molecule has 3 heterocycles. The third kappa shape index (κ3) is 5.60. The van der Waals surface area contributed by atoms with E-state index in [-0.39, 0.29) is 17.5 Å². The highest BCUT2D eigenvalue weighted by Gasteiger charge is 2.30. The highest BCUT2D eigenvalue weighted by atomic mass is 32.1. The molecule has 0 spiro atoms. The number of nitrogens with one attached hydrogen (secondary N) is 3. The third-order valence-corrected chi connectivity index (χ3v) is 5.77. The first-order chi connectivity index (χ1) is 12.8. The van der Waals surface area contributed by atoms with E-state index < -0.39 is 0 Å². The molecule has 1 aliphatic heterocycles. The topological polar surface area (TPSA) is 76.9 Å². The second-order valence-electron chi connectivity index (χ2n) is 8.38. The molecule has 3 atom stereocenters. The van der Waals surface area contributed by atoms with Gasteiger partial charge in [-0.05, 0) is 39.1 Å². The Bertz CT molecular complexity index is 738. The summed E-state index contributed by atoms with van der Waals surface area (Å²) in [5.74, 6) is 1.43. The van der Waals surface area contributed by atoms with E-state index in [1.165, 1.54) is 9.80 Å². The highest BCUT2D eigenvalue weighted by molar-refractivity contribution is 7.13. The van der Waals surface area contributed by atoms with Gasteiger partial charge in [-0.3, -0.25) is 4.79 Å². The van der Waals surface area contributed by atoms with E-state index in [0.29, 0.717) is 18.3 Å². The van der Waals surface area contributed by atoms with Gasteiger partial charge in [-0.25, -0.2) is 0 Å². The summed E-state index contributed by atoms with van der Waals surface area (Å²) in [7, 11) is 0. The van der Waals surface area contributed by atoms with Gasteiger partial charge in [0.1, 0.15) is 13.1 Å². The zero-order valence-electron chi connectivity index (χ0n) is 16.7. The average molecular weight is 394 g/mol. The molecule has 0 aliphatic carbocycles. The van der Waals surface area contributed by atoms with E-state index in [2.05, 4.69) is 22.4 Å². The molecule has 0 aromatic carbocycles. The van der Waals surface area contributed by atoms with E-state index in [1.54, 1.807) is 11.3 Å². The molecule has 27 heavy (non-hydrogen) atoms. The van der Waals surface area contributed by atoms with Crippen LogP contribution >= 0.6 is 11.3 Å². The molecule has 3 N–H and O–H groups in total. The quantitative estimate of drug-likeness (QED) is 0.666. The maximum atomic E-state index is 12.2. The minimum absolute atomic E-state index is 0.131. The van der Waals surface area contributed by atoms with Crippen LogP contribution in [0.2, 0.25) is 0 Å². The molecule has 148 valence electrons. The van der Waals surface area contributed by atoms with Crippen LogP contribution in [0.15, 0.2) is 21.9 Å². The van der Waals surface area contributed by atoms with Gasteiger partial charge in [0, 0.05) is 12.0 Å². The summed E-state index contributed by atoms with van der Waals surface area (Å²) in [6.07, 6.45) is 1.09. The van der Waals surface area contributed by atoms with Crippen molar-refractivity contribution in [2.45, 2.75) is 45.7 Å². The fourth-order valence-electron chi connectivity index (χ4n) is 3.54. The van der Waals surface area contributed by atoms with Gasteiger partial charge in [0.2, 0.25) is 0 Å². The van der Waals surface area contributed by atoms with E-state index in [9.17, 15) is 4.79 Å². The molecule has 0 saturated carbocycles. The first kappa shape index (κ1) is 20.0. The lowest BCUT2D eigenvalue weighted by Gasteiger charge is -2.23. The number of thiophene rings is 1. The Morgan fingerprint density at radius 2 is 2.11 bits per heavy atom. The average Bonchev–Trinajstić information content (AvgIpc) is 3.21. The van der Waals surface area contributed by atoms with Crippen molar-refractivity contribution in [2.24, 2.45) is 0 Å². The summed E-state index contributed by atoms with van der Waals surface area (Å²) in [6, 6.07) is 4.14. The van der Waals surface area contributed by atoms with Crippen molar-refractivity contribution >= 4 is 17.2 Å². The van der Waals surface area contributed by atoms with Crippen LogP contribution in [0.4, 0.5) is 0 Å². The number of quaternary nitrogens is 2. The molecule has 7 nitrogen and oxygen atoms in total. The normalized spacial score (nSPS) is 22.2. The Morgan fingerprint density at radius 3 is 2.81 bits per heavy atom. The molecule has 1 fully saturated rings. The van der Waals surface area contributed by atoms with Gasteiger partial charge in [-0.15, -0.1) is 21.5 Å². The lowest BCUT2D eigenvalue weighted by atomic mass is 10.1. The van der Waals surface area contributed by atoms with Crippen molar-refractivity contribution in [3.8, 4) is 10.8 Å². The largest absolute Gasteiger partial charge is 0.414 e. The van der Waals surface area contributed by atoms with Gasteiger partial charge in [0.25, 0.3) is 17.7 Å². The molecule has 1 saturated heterocycles. The van der Waals surface area contributed by atoms with Gasteiger partial charge in [0.05, 0.1) is 18.0 Å². The van der Waals surface area contributed by atoms with Gasteiger partial charge in [-0.2, -0.15) is 0 Å². The Labute approximate surface area is 164 Å². The number of amides is 1. The minimum Gasteiger partial charge on any atom is -0.414 e. The summed E-state index contributed by atoms with van der Waals surface area (Å²) in [5.41, 5.74) is -0.174. The van der Waals surface area contributed by atoms with E-state index >= 15 is 0 Å². The number of nitrogens with zero attached hydrogens (tertiary/aromatic N) is 2. The number of carbonyl (C=O) groups is 1. The van der Waals surface area contributed by atoms with Gasteiger partial charge < -0.3 is 19.5 Å². The van der Waals surface area contributed by atoms with Crippen LogP contribution in [-0.4, -0.2) is 54.4 Å². The zero-order valence-corrected chi connectivity index (χ0v) is 17.5. The number of aromatic nitrogens is 2. The van der Waals surface area contributed by atoms with E-state index in [1.807, 2.05) is 38.3 Å². The molecule has 1 amide bonds. The molecular weight excluding hydrogens is 362 g/mol. The molecule has 0 bridgehead atoms. The first-order valence-corrected chi connectivity index (χ1v) is 10.6. The molecule has 2 aromatic rings. The highest BCUT2D eigenvalue weighted by Crippen LogP contribution is 2.24. The van der Waals surface area contributed by atoms with Gasteiger partial charge in [0.15, 0.2) is 12.6 Å². The van der Waals surface area contributed by atoms with Crippen molar-refractivity contribution in [3.63, 3.8) is 0 Å². The maximum Gasteiger partial charge on any atom is 0.275 e. The molecular formula is C19H31N5O2S+2. The predicted octanol–water partition coefficient (Wildman–Crippen LogP) is -0.0527. The Morgan fingerprint density at radius 1 is 1.30 bits per heavy atom. The summed E-state index contributed by atoms with van der Waals surface area (Å²) in [6.45, 7) is 12.8. The van der Waals surface area contributed by atoms with Crippen LogP contribution in [0.5, 0.6) is 0 Å². The van der Waals surface area contributed by atoms with Crippen molar-refractivity contribution in [1.29, 1.82) is 0 Å². The minimum atomic E-state index is -0.174. The fraction of sp³-hybridized carbons (Fsp3) is 0.632. The van der Waals surface area contributed by atoms with Gasteiger partial charge in [-0.1, -0.05) is 6.07 Å². The monoisotopic (exact) mass is 393 g/mol. The van der Waals surface area contributed by atoms with Crippen molar-refractivity contribution < 1.29 is 19.0 Å². The predicted molar refractivity (Wildman–Crippen MR) is 105 cm³/mol. The lowest BCUT2D eigenvalue weighted by molar-refractivity contribution is -0.954. The number of hydrogen-bond acceptors (Lipinski definition) is 5. The number of carbonyl (C=O) groups excluding carboxylic acids is 1. The molecule has 2 unspecified atom stereocenters. The van der Waals surface area contributed by atoms with Crippen LogP contribution < -0.4 is 15.1 Å². The second-order valence-corrected chi connectivity index (χ2v) is 9.33. The summed E-state index contributed by atoms with van der Waals surface area (Å²) >= 11 is 1.61. The van der Waals surface area contributed by atoms with Crippen LogP contribution in [0.1, 0.15) is 46.0 Å². The first-order valence-electron chi connectivity index (χ1n) is 9.68. The second kappa shape index (κ2) is 8.50. The van der Waals surface area contributed by atoms with Crippen molar-refractivity contribution in [3.05, 3.63) is 23.4 Å². The molecule has 0 radical (unpaired) electrons. The lowest BCUT2D eigenvalue weighted by Crippen LogP contribution is -3.18. The molecule has 3 rings (SSSR count). The van der Waals surface area contributed by atoms with Crippen molar-refractivity contribution in [1.82, 2.24) is 15.5 Å². The SMILES string of the molecule is C[C@H](c1nnc(-c2cccs2)o1)[NH+]1CCC[NH+](CC(=O)NC(C)(C)C)CC1. The van der Waals surface area contributed by atoms with Crippen molar-refractivity contribution in [2.75, 3.05) is 32.7 Å². The summed E-state index contributed by atoms with van der Waals surface area (Å²) in [5, 5.41) is 13.6. The van der Waals surface area contributed by atoms with Gasteiger partial charge >= 0.3 is 0 Å². The Kier molecular flexibility index (Phi) is 6.29. The zero-order chi connectivity index (χ0) is 19.4. The number of hydrogen-bond donors (Lipinski definition) is 3. The molecule has 8 heteroatoms. The number of rotatable bonds is 5. The van der Waals surface area contributed by atoms with Crippen LogP contribution in [-0.2, 0) is 4.79 Å². The van der Waals surface area contributed by atoms with E-state index in [0.717, 1.165) is 37.5 Å². The Hall–Kier alpha value is -1.77. The molecule has 1 aliphatic rings. The molecule has 2 aromatic heterocycles. The van der Waals surface area contributed by atoms with E-state index in [4.69, 9.17) is 4.42 Å². The van der Waals surface area contributed by atoms with Crippen LogP contribution in [0, 0.1) is 0 Å². The van der Waals surface area contributed by atoms with Crippen LogP contribution in [0.25, 0.3) is 10.8 Å². The Balaban J connectivity index is 1.55. The summed E-state index contributed by atoms with van der Waals surface area (Å²) < 4.78 is 5.93. The fourth-order valence-corrected chi connectivity index (χ4v) is 4.18. The third-order valence-electron chi connectivity index (χ3n) is 4.91.